The third-order valence-corrected chi connectivity index (χ3v) is 2.92. The van der Waals surface area contributed by atoms with Gasteiger partial charge in [-0.2, -0.15) is 0 Å². The number of carboxylic acid groups (broad SMARTS) is 1. The standard InChI is InChI=1S/C12H12BrNO3/c13-8-5-6-10-9(7-8)14-11(17-10)3-1-2-4-12(15)16/h5-7H,1-4H2,(H,15,16). The number of unbranched alkanes of at least 4 members (excludes halogenated alkanes) is 1. The van der Waals surface area contributed by atoms with E-state index in [2.05, 4.69) is 20.9 Å². The molecule has 5 heteroatoms. The zero-order valence-corrected chi connectivity index (χ0v) is 10.7. The number of aromatic nitrogens is 1. The third-order valence-electron chi connectivity index (χ3n) is 2.43. The van der Waals surface area contributed by atoms with E-state index in [4.69, 9.17) is 9.52 Å². The van der Waals surface area contributed by atoms with E-state index >= 15 is 0 Å². The minimum Gasteiger partial charge on any atom is -0.481 e. The first-order valence-corrected chi connectivity index (χ1v) is 6.21. The molecule has 0 amide bonds. The minimum absolute atomic E-state index is 0.200. The number of benzene rings is 1. The molecule has 0 aliphatic carbocycles. The Labute approximate surface area is 107 Å². The van der Waals surface area contributed by atoms with E-state index in [1.807, 2.05) is 18.2 Å². The molecule has 0 fully saturated rings. The highest BCUT2D eigenvalue weighted by Crippen LogP contribution is 2.21. The van der Waals surface area contributed by atoms with Gasteiger partial charge in [0.1, 0.15) is 5.52 Å². The van der Waals surface area contributed by atoms with Gasteiger partial charge in [-0.15, -0.1) is 0 Å². The van der Waals surface area contributed by atoms with Crippen LogP contribution in [0.4, 0.5) is 0 Å². The highest BCUT2D eigenvalue weighted by atomic mass is 79.9. The molecule has 0 bridgehead atoms. The molecule has 1 aromatic carbocycles. The van der Waals surface area contributed by atoms with E-state index in [1.54, 1.807) is 0 Å². The second kappa shape index (κ2) is 5.31. The van der Waals surface area contributed by atoms with Gasteiger partial charge in [0.05, 0.1) is 0 Å². The van der Waals surface area contributed by atoms with Gasteiger partial charge in [0.15, 0.2) is 11.5 Å². The first-order chi connectivity index (χ1) is 8.15. The van der Waals surface area contributed by atoms with Crippen molar-refractivity contribution in [3.8, 4) is 0 Å². The summed E-state index contributed by atoms with van der Waals surface area (Å²) in [5.74, 6) is -0.0880. The van der Waals surface area contributed by atoms with Crippen LogP contribution >= 0.6 is 15.9 Å². The molecule has 4 nitrogen and oxygen atoms in total. The zero-order valence-electron chi connectivity index (χ0n) is 9.15. The third kappa shape index (κ3) is 3.30. The van der Waals surface area contributed by atoms with Gasteiger partial charge in [-0.1, -0.05) is 15.9 Å². The maximum Gasteiger partial charge on any atom is 0.303 e. The molecule has 0 aliphatic rings. The summed E-state index contributed by atoms with van der Waals surface area (Å²) in [6.45, 7) is 0. The molecule has 0 spiro atoms. The van der Waals surface area contributed by atoms with Crippen LogP contribution in [-0.4, -0.2) is 16.1 Å². The molecule has 90 valence electrons. The Morgan fingerprint density at radius 2 is 2.24 bits per heavy atom. The Morgan fingerprint density at radius 1 is 1.41 bits per heavy atom. The molecule has 2 rings (SSSR count). The lowest BCUT2D eigenvalue weighted by Crippen LogP contribution is -1.94. The summed E-state index contributed by atoms with van der Waals surface area (Å²) >= 11 is 3.37. The maximum atomic E-state index is 10.3. The van der Waals surface area contributed by atoms with Gasteiger partial charge >= 0.3 is 5.97 Å². The van der Waals surface area contributed by atoms with Crippen LogP contribution in [0.3, 0.4) is 0 Å². The summed E-state index contributed by atoms with van der Waals surface area (Å²) in [7, 11) is 0. The highest BCUT2D eigenvalue weighted by molar-refractivity contribution is 9.10. The maximum absolute atomic E-state index is 10.3. The Hall–Kier alpha value is -1.36. The Morgan fingerprint density at radius 3 is 3.00 bits per heavy atom. The van der Waals surface area contributed by atoms with Gasteiger partial charge in [-0.05, 0) is 31.0 Å². The summed E-state index contributed by atoms with van der Waals surface area (Å²) in [6, 6.07) is 5.68. The lowest BCUT2D eigenvalue weighted by molar-refractivity contribution is -0.137. The van der Waals surface area contributed by atoms with E-state index < -0.39 is 5.97 Å². The Balaban J connectivity index is 1.97. The van der Waals surface area contributed by atoms with Crippen molar-refractivity contribution in [3.05, 3.63) is 28.6 Å². The molecule has 1 aromatic heterocycles. The van der Waals surface area contributed by atoms with Crippen molar-refractivity contribution in [3.63, 3.8) is 0 Å². The summed E-state index contributed by atoms with van der Waals surface area (Å²) < 4.78 is 6.52. The fraction of sp³-hybridized carbons (Fsp3) is 0.333. The van der Waals surface area contributed by atoms with Crippen LogP contribution in [0.15, 0.2) is 27.1 Å². The van der Waals surface area contributed by atoms with Gasteiger partial charge in [0.25, 0.3) is 0 Å². The predicted octanol–water partition coefficient (Wildman–Crippen LogP) is 3.39. The number of oxazole rings is 1. The van der Waals surface area contributed by atoms with Crippen LogP contribution in [0.25, 0.3) is 11.1 Å². The number of rotatable bonds is 5. The molecule has 0 aliphatic heterocycles. The average Bonchev–Trinajstić information content (AvgIpc) is 2.66. The number of halogens is 1. The average molecular weight is 298 g/mol. The largest absolute Gasteiger partial charge is 0.481 e. The summed E-state index contributed by atoms with van der Waals surface area (Å²) in [4.78, 5) is 14.7. The SMILES string of the molecule is O=C(O)CCCCc1nc2cc(Br)ccc2o1. The van der Waals surface area contributed by atoms with E-state index in [9.17, 15) is 4.79 Å². The zero-order chi connectivity index (χ0) is 12.3. The van der Waals surface area contributed by atoms with Gasteiger partial charge in [-0.25, -0.2) is 4.98 Å². The van der Waals surface area contributed by atoms with Crippen molar-refractivity contribution in [1.82, 2.24) is 4.98 Å². The number of carboxylic acids is 1. The number of carbonyl (C=O) groups is 1. The summed E-state index contributed by atoms with van der Waals surface area (Å²) in [5, 5.41) is 8.51. The van der Waals surface area contributed by atoms with Crippen molar-refractivity contribution in [1.29, 1.82) is 0 Å². The van der Waals surface area contributed by atoms with Crippen LogP contribution in [0.1, 0.15) is 25.2 Å². The molecular formula is C12H12BrNO3. The van der Waals surface area contributed by atoms with Crippen LogP contribution in [0, 0.1) is 0 Å². The monoisotopic (exact) mass is 297 g/mol. The molecule has 2 aromatic rings. The second-order valence-electron chi connectivity index (χ2n) is 3.82. The van der Waals surface area contributed by atoms with Gasteiger partial charge < -0.3 is 9.52 Å². The van der Waals surface area contributed by atoms with E-state index in [0.717, 1.165) is 22.0 Å². The molecule has 0 unspecified atom stereocenters. The minimum atomic E-state index is -0.758. The topological polar surface area (TPSA) is 63.3 Å². The van der Waals surface area contributed by atoms with Crippen molar-refractivity contribution >= 4 is 33.0 Å². The van der Waals surface area contributed by atoms with Crippen molar-refractivity contribution in [2.24, 2.45) is 0 Å². The predicted molar refractivity (Wildman–Crippen MR) is 66.9 cm³/mol. The molecule has 0 atom stereocenters. The van der Waals surface area contributed by atoms with E-state index in [1.165, 1.54) is 0 Å². The number of aryl methyl sites for hydroxylation is 1. The first kappa shape index (κ1) is 12.1. The molecule has 1 N–H and O–H groups in total. The molecular weight excluding hydrogens is 286 g/mol. The van der Waals surface area contributed by atoms with E-state index in [-0.39, 0.29) is 6.42 Å². The lowest BCUT2D eigenvalue weighted by atomic mass is 10.2. The molecule has 0 saturated carbocycles. The highest BCUT2D eigenvalue weighted by Gasteiger charge is 2.06. The number of aliphatic carboxylic acids is 1. The number of nitrogens with zero attached hydrogens (tertiary/aromatic N) is 1. The van der Waals surface area contributed by atoms with E-state index in [0.29, 0.717) is 18.7 Å². The summed E-state index contributed by atoms with van der Waals surface area (Å²) in [6.07, 6.45) is 2.31. The lowest BCUT2D eigenvalue weighted by Gasteiger charge is -1.93. The van der Waals surface area contributed by atoms with Crippen molar-refractivity contribution < 1.29 is 14.3 Å². The normalized spacial score (nSPS) is 10.9. The van der Waals surface area contributed by atoms with Crippen LogP contribution < -0.4 is 0 Å². The van der Waals surface area contributed by atoms with Crippen molar-refractivity contribution in [2.75, 3.05) is 0 Å². The summed E-state index contributed by atoms with van der Waals surface area (Å²) in [5.41, 5.74) is 1.59. The second-order valence-corrected chi connectivity index (χ2v) is 4.74. The quantitative estimate of drug-likeness (QED) is 0.859. The van der Waals surface area contributed by atoms with Gasteiger partial charge in [0.2, 0.25) is 0 Å². The first-order valence-electron chi connectivity index (χ1n) is 5.42. The van der Waals surface area contributed by atoms with Crippen LogP contribution in [-0.2, 0) is 11.2 Å². The Bertz CT molecular complexity index is 536. The van der Waals surface area contributed by atoms with Crippen LogP contribution in [0.2, 0.25) is 0 Å². The fourth-order valence-electron chi connectivity index (χ4n) is 1.61. The molecule has 0 radical (unpaired) electrons. The van der Waals surface area contributed by atoms with Crippen molar-refractivity contribution in [2.45, 2.75) is 25.7 Å². The van der Waals surface area contributed by atoms with Gasteiger partial charge in [0, 0.05) is 17.3 Å². The fourth-order valence-corrected chi connectivity index (χ4v) is 1.96. The smallest absolute Gasteiger partial charge is 0.303 e. The number of hydrogen-bond acceptors (Lipinski definition) is 3. The number of fused-ring (bicyclic) bond motifs is 1. The molecule has 1 heterocycles. The number of hydrogen-bond donors (Lipinski definition) is 1. The van der Waals surface area contributed by atoms with Crippen LogP contribution in [0.5, 0.6) is 0 Å². The Kier molecular flexibility index (Phi) is 3.78. The molecule has 17 heavy (non-hydrogen) atoms. The van der Waals surface area contributed by atoms with Gasteiger partial charge in [-0.3, -0.25) is 4.79 Å². The molecule has 0 saturated heterocycles.